The summed E-state index contributed by atoms with van der Waals surface area (Å²) in [7, 11) is 1.94. The van der Waals surface area contributed by atoms with Gasteiger partial charge in [0, 0.05) is 25.6 Å². The van der Waals surface area contributed by atoms with Gasteiger partial charge >= 0.3 is 0 Å². The van der Waals surface area contributed by atoms with E-state index in [1.54, 1.807) is 6.20 Å². The molecule has 0 aromatic carbocycles. The average molecular weight is 314 g/mol. The van der Waals surface area contributed by atoms with Crippen molar-refractivity contribution < 1.29 is 9.84 Å². The van der Waals surface area contributed by atoms with Gasteiger partial charge in [0.05, 0.1) is 24.9 Å². The van der Waals surface area contributed by atoms with Crippen LogP contribution in [0.5, 0.6) is 0 Å². The molecule has 0 amide bonds. The summed E-state index contributed by atoms with van der Waals surface area (Å²) in [4.78, 5) is 6.81. The van der Waals surface area contributed by atoms with E-state index in [2.05, 4.69) is 9.88 Å². The van der Waals surface area contributed by atoms with Crippen LogP contribution in [-0.4, -0.2) is 51.0 Å². The Bertz CT molecular complexity index is 503. The smallest absolute Gasteiger partial charge is 0.128 e. The Morgan fingerprint density at radius 3 is 3.05 bits per heavy atom. The van der Waals surface area contributed by atoms with Crippen LogP contribution in [0.2, 0.25) is 5.15 Å². The Morgan fingerprint density at radius 1 is 1.57 bits per heavy atom. The SMILES string of the molecule is Cn1c(Cl)cnc1CN1CCC[C@@H]1[C@H]1COCC[C@@]1(C)O. The highest BCUT2D eigenvalue weighted by Gasteiger charge is 2.44. The summed E-state index contributed by atoms with van der Waals surface area (Å²) in [5, 5.41) is 11.3. The van der Waals surface area contributed by atoms with Crippen molar-refractivity contribution in [2.24, 2.45) is 13.0 Å². The number of ether oxygens (including phenoxy) is 1. The summed E-state index contributed by atoms with van der Waals surface area (Å²) >= 11 is 6.07. The Labute approximate surface area is 130 Å². The molecule has 118 valence electrons. The van der Waals surface area contributed by atoms with Crippen LogP contribution in [0.1, 0.15) is 32.0 Å². The van der Waals surface area contributed by atoms with E-state index in [4.69, 9.17) is 16.3 Å². The van der Waals surface area contributed by atoms with Gasteiger partial charge < -0.3 is 14.4 Å². The minimum absolute atomic E-state index is 0.171. The molecule has 6 heteroatoms. The second-order valence-corrected chi connectivity index (χ2v) is 6.91. The molecule has 3 rings (SSSR count). The normalized spacial score (nSPS) is 34.5. The third-order valence-corrected chi connectivity index (χ3v) is 5.45. The van der Waals surface area contributed by atoms with E-state index < -0.39 is 5.60 Å². The number of halogens is 1. The quantitative estimate of drug-likeness (QED) is 0.925. The van der Waals surface area contributed by atoms with Gasteiger partial charge in [-0.25, -0.2) is 4.98 Å². The molecule has 1 aromatic rings. The number of aromatic nitrogens is 2. The van der Waals surface area contributed by atoms with Crippen LogP contribution in [0.15, 0.2) is 6.20 Å². The number of aliphatic hydroxyl groups is 1. The molecule has 2 aliphatic rings. The van der Waals surface area contributed by atoms with E-state index in [9.17, 15) is 5.11 Å². The van der Waals surface area contributed by atoms with Crippen LogP contribution in [0.4, 0.5) is 0 Å². The van der Waals surface area contributed by atoms with E-state index >= 15 is 0 Å². The lowest BCUT2D eigenvalue weighted by atomic mass is 9.79. The molecule has 2 aliphatic heterocycles. The number of imidazole rings is 1. The first-order chi connectivity index (χ1) is 9.99. The van der Waals surface area contributed by atoms with Crippen molar-refractivity contribution in [3.63, 3.8) is 0 Å². The van der Waals surface area contributed by atoms with Crippen LogP contribution in [-0.2, 0) is 18.3 Å². The lowest BCUT2D eigenvalue weighted by Gasteiger charge is -2.43. The van der Waals surface area contributed by atoms with Gasteiger partial charge in [0.15, 0.2) is 0 Å². The average Bonchev–Trinajstić information content (AvgIpc) is 3.01. The summed E-state index contributed by atoms with van der Waals surface area (Å²) in [6.07, 6.45) is 4.69. The van der Waals surface area contributed by atoms with Crippen molar-refractivity contribution in [2.45, 2.75) is 44.4 Å². The second kappa shape index (κ2) is 5.88. The van der Waals surface area contributed by atoms with Crippen molar-refractivity contribution in [3.05, 3.63) is 17.2 Å². The predicted molar refractivity (Wildman–Crippen MR) is 81.2 cm³/mol. The van der Waals surface area contributed by atoms with Crippen LogP contribution in [0.3, 0.4) is 0 Å². The largest absolute Gasteiger partial charge is 0.390 e. The highest BCUT2D eigenvalue weighted by molar-refractivity contribution is 6.29. The zero-order valence-corrected chi connectivity index (χ0v) is 13.5. The summed E-state index contributed by atoms with van der Waals surface area (Å²) in [6, 6.07) is 0.357. The van der Waals surface area contributed by atoms with Crippen LogP contribution < -0.4 is 0 Å². The lowest BCUT2D eigenvalue weighted by Crippen LogP contribution is -2.52. The molecular formula is C15H24ClN3O2. The first-order valence-corrected chi connectivity index (χ1v) is 8.07. The van der Waals surface area contributed by atoms with Crippen LogP contribution in [0, 0.1) is 5.92 Å². The molecule has 5 nitrogen and oxygen atoms in total. The van der Waals surface area contributed by atoms with Gasteiger partial charge in [0.25, 0.3) is 0 Å². The minimum Gasteiger partial charge on any atom is -0.390 e. The Hall–Kier alpha value is -0.620. The molecule has 3 atom stereocenters. The van der Waals surface area contributed by atoms with E-state index in [0.29, 0.717) is 24.4 Å². The molecule has 0 aliphatic carbocycles. The molecule has 0 bridgehead atoms. The maximum absolute atomic E-state index is 10.7. The number of hydrogen-bond donors (Lipinski definition) is 1. The van der Waals surface area contributed by atoms with Crippen LogP contribution >= 0.6 is 11.6 Å². The van der Waals surface area contributed by atoms with E-state index in [0.717, 1.165) is 38.2 Å². The van der Waals surface area contributed by atoms with Crippen LogP contribution in [0.25, 0.3) is 0 Å². The number of hydrogen-bond acceptors (Lipinski definition) is 4. The first kappa shape index (κ1) is 15.3. The molecule has 0 radical (unpaired) electrons. The number of likely N-dealkylation sites (tertiary alicyclic amines) is 1. The molecular weight excluding hydrogens is 290 g/mol. The fraction of sp³-hybridized carbons (Fsp3) is 0.800. The van der Waals surface area contributed by atoms with Gasteiger partial charge in [-0.15, -0.1) is 0 Å². The number of nitrogens with zero attached hydrogens (tertiary/aromatic N) is 3. The molecule has 0 saturated carbocycles. The molecule has 1 aromatic heterocycles. The van der Waals surface area contributed by atoms with E-state index in [-0.39, 0.29) is 5.92 Å². The topological polar surface area (TPSA) is 50.5 Å². The third kappa shape index (κ3) is 2.97. The molecule has 1 N–H and O–H groups in total. The highest BCUT2D eigenvalue weighted by Crippen LogP contribution is 2.36. The molecule has 2 saturated heterocycles. The standard InChI is InChI=1S/C15H24ClN3O2/c1-15(20)5-7-21-10-11(15)12-4-3-6-19(12)9-14-17-8-13(16)18(14)2/h8,11-12,20H,3-7,9-10H2,1-2H3/t11-,12-,15-/m1/s1. The van der Waals surface area contributed by atoms with Crippen molar-refractivity contribution >= 4 is 11.6 Å². The summed E-state index contributed by atoms with van der Waals surface area (Å²) in [5.41, 5.74) is -0.634. The molecule has 3 heterocycles. The third-order valence-electron chi connectivity index (χ3n) is 5.10. The Kier molecular flexibility index (Phi) is 4.28. The van der Waals surface area contributed by atoms with E-state index in [1.807, 2.05) is 18.5 Å². The summed E-state index contributed by atoms with van der Waals surface area (Å²) in [5.74, 6) is 1.15. The first-order valence-electron chi connectivity index (χ1n) is 7.69. The minimum atomic E-state index is -0.634. The lowest BCUT2D eigenvalue weighted by molar-refractivity contribution is -0.123. The summed E-state index contributed by atoms with van der Waals surface area (Å²) in [6.45, 7) is 5.08. The van der Waals surface area contributed by atoms with Crippen molar-refractivity contribution in [1.82, 2.24) is 14.5 Å². The maximum Gasteiger partial charge on any atom is 0.128 e. The van der Waals surface area contributed by atoms with Gasteiger partial charge in [-0.1, -0.05) is 11.6 Å². The molecule has 0 unspecified atom stereocenters. The monoisotopic (exact) mass is 313 g/mol. The van der Waals surface area contributed by atoms with Gasteiger partial charge in [0.1, 0.15) is 11.0 Å². The van der Waals surface area contributed by atoms with Gasteiger partial charge in [-0.3, -0.25) is 4.90 Å². The van der Waals surface area contributed by atoms with Gasteiger partial charge in [-0.05, 0) is 32.7 Å². The zero-order chi connectivity index (χ0) is 15.0. The predicted octanol–water partition coefficient (Wildman–Crippen LogP) is 1.83. The van der Waals surface area contributed by atoms with Crippen molar-refractivity contribution in [3.8, 4) is 0 Å². The molecule has 0 spiro atoms. The maximum atomic E-state index is 10.7. The van der Waals surface area contributed by atoms with Gasteiger partial charge in [0.2, 0.25) is 0 Å². The van der Waals surface area contributed by atoms with Crippen molar-refractivity contribution in [2.75, 3.05) is 19.8 Å². The van der Waals surface area contributed by atoms with E-state index in [1.165, 1.54) is 0 Å². The Balaban J connectivity index is 1.74. The highest BCUT2D eigenvalue weighted by atomic mass is 35.5. The van der Waals surface area contributed by atoms with Crippen molar-refractivity contribution in [1.29, 1.82) is 0 Å². The summed E-state index contributed by atoms with van der Waals surface area (Å²) < 4.78 is 7.55. The second-order valence-electron chi connectivity index (χ2n) is 6.52. The fourth-order valence-electron chi connectivity index (χ4n) is 3.64. The van der Waals surface area contributed by atoms with Gasteiger partial charge in [-0.2, -0.15) is 0 Å². The molecule has 2 fully saturated rings. The Morgan fingerprint density at radius 2 is 2.38 bits per heavy atom. The zero-order valence-electron chi connectivity index (χ0n) is 12.8. The fourth-order valence-corrected chi connectivity index (χ4v) is 3.78. The molecule has 21 heavy (non-hydrogen) atoms. The number of rotatable bonds is 3.